The maximum atomic E-state index is 12.2. The molecule has 2 N–H and O–H groups in total. The van der Waals surface area contributed by atoms with Crippen molar-refractivity contribution >= 4 is 34.2 Å². The van der Waals surface area contributed by atoms with E-state index in [9.17, 15) is 32.1 Å². The summed E-state index contributed by atoms with van der Waals surface area (Å²) in [5.41, 5.74) is 0.417. The second-order valence-electron chi connectivity index (χ2n) is 8.77. The Hall–Kier alpha value is -3.17. The minimum Gasteiger partial charge on any atom is -0.748 e. The van der Waals surface area contributed by atoms with Gasteiger partial charge in [0.25, 0.3) is 0 Å². The molecule has 1 atom stereocenters. The van der Waals surface area contributed by atoms with Crippen LogP contribution in [0.2, 0.25) is 0 Å². The molecule has 0 aliphatic heterocycles. The fraction of sp³-hybridized carbons (Fsp3) is 0.636. The monoisotopic (exact) mass is 551 g/mol. The van der Waals surface area contributed by atoms with Crippen LogP contribution in [0.25, 0.3) is 0 Å². The average Bonchev–Trinajstić information content (AvgIpc) is 2.76. The highest BCUT2D eigenvalue weighted by atomic mass is 32.2. The summed E-state index contributed by atoms with van der Waals surface area (Å²) in [6, 6.07) is 0. The molecule has 37 heavy (non-hydrogen) atoms. The van der Waals surface area contributed by atoms with Gasteiger partial charge in [-0.2, -0.15) is 0 Å². The number of hydrogen-bond donors (Lipinski definition) is 2. The third-order valence-corrected chi connectivity index (χ3v) is 5.22. The molecule has 15 heteroatoms. The predicted octanol–water partition coefficient (Wildman–Crippen LogP) is 0.0577. The summed E-state index contributed by atoms with van der Waals surface area (Å²) < 4.78 is 52.9. The third kappa shape index (κ3) is 18.7. The average molecular weight is 552 g/mol. The molecular weight excluding hydrogens is 514 g/mol. The van der Waals surface area contributed by atoms with Gasteiger partial charge in [-0.05, 0) is 13.8 Å². The Kier molecular flexibility index (Phi) is 15.1. The molecule has 0 aromatic carbocycles. The lowest BCUT2D eigenvalue weighted by Crippen LogP contribution is -2.50. The lowest BCUT2D eigenvalue weighted by molar-refractivity contribution is -0.893. The van der Waals surface area contributed by atoms with Crippen LogP contribution in [0.15, 0.2) is 24.3 Å². The zero-order valence-electron chi connectivity index (χ0n) is 21.7. The molecule has 0 fully saturated rings. The van der Waals surface area contributed by atoms with Crippen molar-refractivity contribution in [2.24, 2.45) is 0 Å². The van der Waals surface area contributed by atoms with Crippen LogP contribution in [-0.2, 0) is 38.7 Å². The summed E-state index contributed by atoms with van der Waals surface area (Å²) in [6.07, 6.45) is -2.59. The third-order valence-electron chi connectivity index (χ3n) is 4.44. The number of ether oxygens (including phenoxy) is 4. The van der Waals surface area contributed by atoms with E-state index in [1.54, 1.807) is 14.1 Å². The van der Waals surface area contributed by atoms with Gasteiger partial charge in [0.2, 0.25) is 0 Å². The Morgan fingerprint density at radius 1 is 0.892 bits per heavy atom. The van der Waals surface area contributed by atoms with Gasteiger partial charge in [0.1, 0.15) is 26.4 Å². The number of amides is 2. The molecule has 0 bridgehead atoms. The lowest BCUT2D eigenvalue weighted by atomic mass is 10.3. The number of carbonyl (C=O) groups excluding carboxylic acids is 4. The summed E-state index contributed by atoms with van der Waals surface area (Å²) in [5.74, 6) is -1.76. The molecule has 0 aliphatic carbocycles. The second kappa shape index (κ2) is 16.6. The van der Waals surface area contributed by atoms with Gasteiger partial charge in [-0.25, -0.2) is 27.6 Å². The maximum absolute atomic E-state index is 12.2. The predicted molar refractivity (Wildman–Crippen MR) is 130 cm³/mol. The first-order valence-corrected chi connectivity index (χ1v) is 12.9. The van der Waals surface area contributed by atoms with E-state index in [0.29, 0.717) is 0 Å². The molecule has 0 saturated heterocycles. The van der Waals surface area contributed by atoms with Crippen LogP contribution in [-0.4, -0.2) is 114 Å². The largest absolute Gasteiger partial charge is 0.748 e. The smallest absolute Gasteiger partial charge is 0.407 e. The molecule has 0 aliphatic rings. The van der Waals surface area contributed by atoms with Gasteiger partial charge in [0.15, 0.2) is 6.10 Å². The molecular formula is C22H37N3O11S. The topological polar surface area (TPSA) is 186 Å². The van der Waals surface area contributed by atoms with E-state index in [1.807, 2.05) is 0 Å². The first-order chi connectivity index (χ1) is 17.0. The number of nitrogens with zero attached hydrogens (tertiary/aromatic N) is 1. The molecule has 0 rings (SSSR count). The van der Waals surface area contributed by atoms with Crippen LogP contribution < -0.4 is 10.6 Å². The SMILES string of the molecule is C=C(C)C(=O)OCCNC(=O)OCC(C[N+](C)(C)CCCS(=O)(=O)[O-])OC(=O)NCCOC(=O)C(=C)C. The minimum atomic E-state index is -4.37. The van der Waals surface area contributed by atoms with Crippen LogP contribution in [0, 0.1) is 0 Å². The van der Waals surface area contributed by atoms with Crippen molar-refractivity contribution in [1.29, 1.82) is 0 Å². The number of esters is 2. The zero-order chi connectivity index (χ0) is 28.6. The van der Waals surface area contributed by atoms with Gasteiger partial charge in [-0.1, -0.05) is 13.2 Å². The van der Waals surface area contributed by atoms with E-state index in [0.717, 1.165) is 0 Å². The molecule has 0 spiro atoms. The fourth-order valence-corrected chi connectivity index (χ4v) is 3.17. The quantitative estimate of drug-likeness (QED) is 0.0621. The number of hydrogen-bond acceptors (Lipinski definition) is 11. The van der Waals surface area contributed by atoms with Gasteiger partial charge in [-0.15, -0.1) is 0 Å². The van der Waals surface area contributed by atoms with Crippen LogP contribution in [0.1, 0.15) is 20.3 Å². The maximum Gasteiger partial charge on any atom is 0.407 e. The number of likely N-dealkylation sites (N-methyl/N-ethyl adjacent to an activating group) is 1. The summed E-state index contributed by atoms with van der Waals surface area (Å²) >= 11 is 0. The van der Waals surface area contributed by atoms with Crippen molar-refractivity contribution in [2.45, 2.75) is 26.4 Å². The van der Waals surface area contributed by atoms with Gasteiger partial charge in [-0.3, -0.25) is 0 Å². The number of alkyl carbamates (subject to hydrolysis) is 2. The lowest BCUT2D eigenvalue weighted by Gasteiger charge is -2.33. The Bertz CT molecular complexity index is 932. The fourth-order valence-electron chi connectivity index (χ4n) is 2.69. The minimum absolute atomic E-state index is 0.0298. The Balaban J connectivity index is 4.86. The highest BCUT2D eigenvalue weighted by molar-refractivity contribution is 7.85. The number of quaternary nitrogens is 1. The van der Waals surface area contributed by atoms with E-state index < -0.39 is 46.1 Å². The molecule has 0 aromatic heterocycles. The first-order valence-electron chi connectivity index (χ1n) is 11.3. The molecule has 0 heterocycles. The Morgan fingerprint density at radius 3 is 1.84 bits per heavy atom. The second-order valence-corrected chi connectivity index (χ2v) is 10.3. The number of carbonyl (C=O) groups is 4. The summed E-state index contributed by atoms with van der Waals surface area (Å²) in [6.45, 7) is 9.55. The van der Waals surface area contributed by atoms with Gasteiger partial charge in [0, 0.05) is 23.3 Å². The van der Waals surface area contributed by atoms with E-state index >= 15 is 0 Å². The molecule has 1 unspecified atom stereocenters. The van der Waals surface area contributed by atoms with Crippen molar-refractivity contribution in [1.82, 2.24) is 10.6 Å². The molecule has 14 nitrogen and oxygen atoms in total. The van der Waals surface area contributed by atoms with Gasteiger partial charge < -0.3 is 38.6 Å². The van der Waals surface area contributed by atoms with Crippen LogP contribution in [0.3, 0.4) is 0 Å². The van der Waals surface area contributed by atoms with E-state index in [2.05, 4.69) is 23.8 Å². The highest BCUT2D eigenvalue weighted by Gasteiger charge is 2.27. The van der Waals surface area contributed by atoms with E-state index in [4.69, 9.17) is 18.9 Å². The van der Waals surface area contributed by atoms with Gasteiger partial charge >= 0.3 is 24.1 Å². The normalized spacial score (nSPS) is 12.0. The van der Waals surface area contributed by atoms with E-state index in [-0.39, 0.29) is 68.0 Å². The summed E-state index contributed by atoms with van der Waals surface area (Å²) in [7, 11) is -0.930. The molecule has 0 aromatic rings. The summed E-state index contributed by atoms with van der Waals surface area (Å²) in [5, 5.41) is 4.77. The molecule has 212 valence electrons. The van der Waals surface area contributed by atoms with Crippen molar-refractivity contribution in [3.05, 3.63) is 24.3 Å². The van der Waals surface area contributed by atoms with E-state index in [1.165, 1.54) is 13.8 Å². The molecule has 2 amide bonds. The van der Waals surface area contributed by atoms with Crippen LogP contribution in [0.4, 0.5) is 9.59 Å². The highest BCUT2D eigenvalue weighted by Crippen LogP contribution is 2.07. The number of nitrogens with one attached hydrogen (secondary N) is 2. The Morgan fingerprint density at radius 2 is 1.38 bits per heavy atom. The number of rotatable bonds is 17. The van der Waals surface area contributed by atoms with Crippen LogP contribution in [0.5, 0.6) is 0 Å². The van der Waals surface area contributed by atoms with Crippen LogP contribution >= 0.6 is 0 Å². The molecule has 0 radical (unpaired) electrons. The van der Waals surface area contributed by atoms with Crippen molar-refractivity contribution in [3.63, 3.8) is 0 Å². The van der Waals surface area contributed by atoms with Crippen molar-refractivity contribution in [2.75, 3.05) is 65.8 Å². The first kappa shape index (κ1) is 33.8. The van der Waals surface area contributed by atoms with Crippen molar-refractivity contribution in [3.8, 4) is 0 Å². The van der Waals surface area contributed by atoms with Crippen molar-refractivity contribution < 1.29 is 55.6 Å². The molecule has 0 saturated carbocycles. The van der Waals surface area contributed by atoms with Gasteiger partial charge in [0.05, 0.1) is 43.8 Å². The Labute approximate surface area is 217 Å². The zero-order valence-corrected chi connectivity index (χ0v) is 22.5. The summed E-state index contributed by atoms with van der Waals surface area (Å²) in [4.78, 5) is 46.9. The standard InChI is InChI=1S/C22H37N3O11S/c1-16(2)19(26)33-11-8-23-21(28)35-15-18(14-25(5,6)10-7-13-37(30,31)32)36-22(29)24-9-12-34-20(27)17(3)4/h18H,1,3,7-15H2,2,4-6H3,(H2-,23,24,28,29,30,31,32).